The third-order valence-electron chi connectivity index (χ3n) is 2.10. The molecule has 0 fully saturated rings. The molecular formula is C11H11FN4. The van der Waals surface area contributed by atoms with E-state index in [1.807, 2.05) is 6.92 Å². The first kappa shape index (κ1) is 10.4. The van der Waals surface area contributed by atoms with Crippen LogP contribution in [0.4, 0.5) is 21.7 Å². The SMILES string of the molecule is Cc1cc(F)ccc1Nc1cncc(N)n1. The van der Waals surface area contributed by atoms with Crippen molar-refractivity contribution >= 4 is 17.3 Å². The van der Waals surface area contributed by atoms with Crippen molar-refractivity contribution in [1.82, 2.24) is 9.97 Å². The number of aryl methyl sites for hydroxylation is 1. The number of rotatable bonds is 2. The maximum absolute atomic E-state index is 12.9. The first-order valence-electron chi connectivity index (χ1n) is 4.76. The summed E-state index contributed by atoms with van der Waals surface area (Å²) in [6.45, 7) is 1.81. The van der Waals surface area contributed by atoms with Crippen molar-refractivity contribution < 1.29 is 4.39 Å². The van der Waals surface area contributed by atoms with Crippen molar-refractivity contribution in [3.8, 4) is 0 Å². The standard InChI is InChI=1S/C11H11FN4/c1-7-4-8(12)2-3-9(7)15-11-6-14-5-10(13)16-11/h2-6H,1H3,(H3,13,15,16). The zero-order valence-corrected chi connectivity index (χ0v) is 8.74. The lowest BCUT2D eigenvalue weighted by atomic mass is 10.2. The highest BCUT2D eigenvalue weighted by atomic mass is 19.1. The van der Waals surface area contributed by atoms with Gasteiger partial charge in [-0.15, -0.1) is 0 Å². The Hall–Kier alpha value is -2.17. The summed E-state index contributed by atoms with van der Waals surface area (Å²) in [5.74, 6) is 0.612. The zero-order valence-electron chi connectivity index (χ0n) is 8.74. The van der Waals surface area contributed by atoms with Crippen molar-refractivity contribution in [1.29, 1.82) is 0 Å². The third-order valence-corrected chi connectivity index (χ3v) is 2.10. The van der Waals surface area contributed by atoms with Crippen LogP contribution in [0, 0.1) is 12.7 Å². The van der Waals surface area contributed by atoms with Crippen LogP contribution in [-0.2, 0) is 0 Å². The van der Waals surface area contributed by atoms with Crippen LogP contribution in [0.15, 0.2) is 30.6 Å². The van der Waals surface area contributed by atoms with E-state index in [2.05, 4.69) is 15.3 Å². The summed E-state index contributed by atoms with van der Waals surface area (Å²) in [7, 11) is 0. The molecule has 0 aliphatic carbocycles. The molecule has 0 saturated carbocycles. The van der Waals surface area contributed by atoms with E-state index in [0.29, 0.717) is 11.6 Å². The molecule has 82 valence electrons. The van der Waals surface area contributed by atoms with Crippen LogP contribution >= 0.6 is 0 Å². The molecule has 16 heavy (non-hydrogen) atoms. The minimum atomic E-state index is -0.262. The van der Waals surface area contributed by atoms with Gasteiger partial charge in [0.25, 0.3) is 0 Å². The maximum Gasteiger partial charge on any atom is 0.151 e. The molecule has 0 aliphatic heterocycles. The third kappa shape index (κ3) is 2.25. The number of hydrogen-bond acceptors (Lipinski definition) is 4. The summed E-state index contributed by atoms with van der Waals surface area (Å²) in [6, 6.07) is 4.48. The van der Waals surface area contributed by atoms with E-state index in [9.17, 15) is 4.39 Å². The summed E-state index contributed by atoms with van der Waals surface area (Å²) < 4.78 is 12.9. The number of benzene rings is 1. The average Bonchev–Trinajstić information content (AvgIpc) is 2.22. The van der Waals surface area contributed by atoms with E-state index in [-0.39, 0.29) is 5.82 Å². The van der Waals surface area contributed by atoms with Crippen molar-refractivity contribution in [2.45, 2.75) is 6.92 Å². The molecular weight excluding hydrogens is 207 g/mol. The van der Waals surface area contributed by atoms with Gasteiger partial charge in [0.05, 0.1) is 12.4 Å². The topological polar surface area (TPSA) is 63.8 Å². The number of halogens is 1. The van der Waals surface area contributed by atoms with Gasteiger partial charge in [-0.2, -0.15) is 0 Å². The van der Waals surface area contributed by atoms with E-state index in [0.717, 1.165) is 11.3 Å². The van der Waals surface area contributed by atoms with Gasteiger partial charge in [-0.25, -0.2) is 9.37 Å². The molecule has 2 aromatic rings. The number of anilines is 3. The highest BCUT2D eigenvalue weighted by Gasteiger charge is 2.01. The highest BCUT2D eigenvalue weighted by Crippen LogP contribution is 2.19. The fourth-order valence-corrected chi connectivity index (χ4v) is 1.35. The van der Waals surface area contributed by atoms with E-state index < -0.39 is 0 Å². The molecule has 0 saturated heterocycles. The second-order valence-electron chi connectivity index (χ2n) is 3.41. The fourth-order valence-electron chi connectivity index (χ4n) is 1.35. The van der Waals surface area contributed by atoms with Gasteiger partial charge in [-0.3, -0.25) is 4.98 Å². The Morgan fingerprint density at radius 3 is 2.81 bits per heavy atom. The van der Waals surface area contributed by atoms with E-state index in [1.54, 1.807) is 12.3 Å². The predicted octanol–water partition coefficient (Wildman–Crippen LogP) is 2.25. The van der Waals surface area contributed by atoms with Crippen LogP contribution in [0.3, 0.4) is 0 Å². The van der Waals surface area contributed by atoms with Gasteiger partial charge < -0.3 is 11.1 Å². The van der Waals surface area contributed by atoms with Gasteiger partial charge in [0.15, 0.2) is 5.82 Å². The number of aromatic nitrogens is 2. The molecule has 0 radical (unpaired) electrons. The average molecular weight is 218 g/mol. The minimum Gasteiger partial charge on any atom is -0.382 e. The van der Waals surface area contributed by atoms with Crippen molar-refractivity contribution in [3.05, 3.63) is 42.0 Å². The van der Waals surface area contributed by atoms with Crippen LogP contribution in [-0.4, -0.2) is 9.97 Å². The molecule has 2 rings (SSSR count). The van der Waals surface area contributed by atoms with E-state index in [4.69, 9.17) is 5.73 Å². The quantitative estimate of drug-likeness (QED) is 0.811. The van der Waals surface area contributed by atoms with Gasteiger partial charge >= 0.3 is 0 Å². The Morgan fingerprint density at radius 2 is 2.12 bits per heavy atom. The minimum absolute atomic E-state index is 0.262. The Labute approximate surface area is 92.3 Å². The Bertz CT molecular complexity index is 513. The van der Waals surface area contributed by atoms with Crippen LogP contribution in [0.25, 0.3) is 0 Å². The molecule has 0 atom stereocenters. The van der Waals surface area contributed by atoms with Crippen molar-refractivity contribution in [2.75, 3.05) is 11.1 Å². The maximum atomic E-state index is 12.9. The van der Waals surface area contributed by atoms with Crippen LogP contribution in [0.5, 0.6) is 0 Å². The molecule has 0 amide bonds. The smallest absolute Gasteiger partial charge is 0.151 e. The molecule has 3 N–H and O–H groups in total. The van der Waals surface area contributed by atoms with E-state index in [1.165, 1.54) is 18.3 Å². The Kier molecular flexibility index (Phi) is 2.68. The summed E-state index contributed by atoms with van der Waals surface area (Å²) in [5.41, 5.74) is 7.08. The highest BCUT2D eigenvalue weighted by molar-refractivity contribution is 5.60. The number of nitrogens with one attached hydrogen (secondary N) is 1. The molecule has 5 heteroatoms. The van der Waals surface area contributed by atoms with Gasteiger partial charge in [-0.1, -0.05) is 0 Å². The Balaban J connectivity index is 2.27. The predicted molar refractivity (Wildman–Crippen MR) is 60.9 cm³/mol. The molecule has 1 aromatic carbocycles. The number of nitrogens with two attached hydrogens (primary N) is 1. The van der Waals surface area contributed by atoms with Crippen molar-refractivity contribution in [2.24, 2.45) is 0 Å². The number of nitrogens with zero attached hydrogens (tertiary/aromatic N) is 2. The molecule has 1 aromatic heterocycles. The van der Waals surface area contributed by atoms with Gasteiger partial charge in [0.1, 0.15) is 11.6 Å². The first-order valence-corrected chi connectivity index (χ1v) is 4.76. The summed E-state index contributed by atoms with van der Waals surface area (Å²) in [5, 5.41) is 3.02. The molecule has 0 aliphatic rings. The van der Waals surface area contributed by atoms with Gasteiger partial charge in [0, 0.05) is 5.69 Å². The van der Waals surface area contributed by atoms with Gasteiger partial charge in [0.2, 0.25) is 0 Å². The second-order valence-corrected chi connectivity index (χ2v) is 3.41. The Morgan fingerprint density at radius 1 is 1.31 bits per heavy atom. The lowest BCUT2D eigenvalue weighted by molar-refractivity contribution is 0.627. The van der Waals surface area contributed by atoms with E-state index >= 15 is 0 Å². The zero-order chi connectivity index (χ0) is 11.5. The first-order chi connectivity index (χ1) is 7.65. The summed E-state index contributed by atoms with van der Waals surface area (Å²) in [4.78, 5) is 7.95. The molecule has 4 nitrogen and oxygen atoms in total. The van der Waals surface area contributed by atoms with Crippen LogP contribution in [0.2, 0.25) is 0 Å². The normalized spacial score (nSPS) is 10.1. The molecule has 0 bridgehead atoms. The lowest BCUT2D eigenvalue weighted by Crippen LogP contribution is -1.99. The van der Waals surface area contributed by atoms with Gasteiger partial charge in [-0.05, 0) is 30.7 Å². The lowest BCUT2D eigenvalue weighted by Gasteiger charge is -2.08. The largest absolute Gasteiger partial charge is 0.382 e. The number of nitrogen functional groups attached to an aromatic ring is 1. The molecule has 0 unspecified atom stereocenters. The van der Waals surface area contributed by atoms with Crippen LogP contribution < -0.4 is 11.1 Å². The summed E-state index contributed by atoms with van der Waals surface area (Å²) >= 11 is 0. The van der Waals surface area contributed by atoms with Crippen molar-refractivity contribution in [3.63, 3.8) is 0 Å². The molecule has 0 spiro atoms. The molecule has 1 heterocycles. The monoisotopic (exact) mass is 218 g/mol. The van der Waals surface area contributed by atoms with Crippen LogP contribution in [0.1, 0.15) is 5.56 Å². The summed E-state index contributed by atoms with van der Waals surface area (Å²) in [6.07, 6.45) is 3.02. The number of hydrogen-bond donors (Lipinski definition) is 2. The fraction of sp³-hybridized carbons (Fsp3) is 0.0909. The second kappa shape index (κ2) is 4.14.